The van der Waals surface area contributed by atoms with Crippen LogP contribution in [0, 0.1) is 28.6 Å². The van der Waals surface area contributed by atoms with Crippen molar-refractivity contribution in [1.29, 1.82) is 10.5 Å². The van der Waals surface area contributed by atoms with Gasteiger partial charge in [-0.3, -0.25) is 0 Å². The maximum Gasteiger partial charge on any atom is 0.281 e. The molecule has 1 unspecified atom stereocenters. The number of alkyl halides is 3. The molecule has 2 aromatic carbocycles. The van der Waals surface area contributed by atoms with Crippen molar-refractivity contribution in [2.45, 2.75) is 23.3 Å². The molecule has 0 radical (unpaired) electrons. The molecular weight excluding hydrogens is 414 g/mol. The average molecular weight is 425 g/mol. The number of aliphatic hydroxyl groups excluding tert-OH is 1. The van der Waals surface area contributed by atoms with E-state index in [9.17, 15) is 26.9 Å². The summed E-state index contributed by atoms with van der Waals surface area (Å²) >= 11 is 0. The molecular formula is C18H11F4N3O3S. The van der Waals surface area contributed by atoms with Crippen LogP contribution in [0.25, 0.3) is 0 Å². The maximum atomic E-state index is 14.2. The Labute approximate surface area is 162 Å². The third-order valence-corrected chi connectivity index (χ3v) is 5.98. The first-order valence-electron chi connectivity index (χ1n) is 7.94. The predicted molar refractivity (Wildman–Crippen MR) is 91.7 cm³/mol. The van der Waals surface area contributed by atoms with Gasteiger partial charge in [-0.05, 0) is 24.3 Å². The quantitative estimate of drug-likeness (QED) is 0.590. The Balaban J connectivity index is 2.20. The third kappa shape index (κ3) is 3.62. The highest BCUT2D eigenvalue weighted by atomic mass is 32.2. The minimum absolute atomic E-state index is 0.0769. The summed E-state index contributed by atoms with van der Waals surface area (Å²) in [6.07, 6.45) is -2.26. The Bertz CT molecular complexity index is 1190. The molecule has 3 rings (SSSR count). The number of fused-ring (bicyclic) bond motifs is 1. The largest absolute Gasteiger partial charge is 0.457 e. The number of halogens is 4. The molecule has 0 aliphatic heterocycles. The lowest BCUT2D eigenvalue weighted by Gasteiger charge is -2.17. The minimum atomic E-state index is -4.03. The average Bonchev–Trinajstić information content (AvgIpc) is 2.91. The molecule has 2 atom stereocenters. The van der Waals surface area contributed by atoms with Crippen LogP contribution in [0.1, 0.15) is 22.8 Å². The molecule has 29 heavy (non-hydrogen) atoms. The summed E-state index contributed by atoms with van der Waals surface area (Å²) in [4.78, 5) is -0.537. The van der Waals surface area contributed by atoms with Crippen molar-refractivity contribution < 1.29 is 31.6 Å². The molecule has 1 N–H and O–H groups in total. The Morgan fingerprint density at radius 2 is 2.03 bits per heavy atom. The number of benzene rings is 2. The van der Waals surface area contributed by atoms with Gasteiger partial charge >= 0.3 is 0 Å². The van der Waals surface area contributed by atoms with Gasteiger partial charge in [-0.25, -0.2) is 21.8 Å². The van der Waals surface area contributed by atoms with Gasteiger partial charge in [-0.1, -0.05) is 0 Å². The van der Waals surface area contributed by atoms with Gasteiger partial charge in [-0.2, -0.15) is 10.5 Å². The van der Waals surface area contributed by atoms with Gasteiger partial charge in [0.2, 0.25) is 6.19 Å². The van der Waals surface area contributed by atoms with E-state index >= 15 is 0 Å². The van der Waals surface area contributed by atoms with Crippen LogP contribution in [0.5, 0.6) is 11.5 Å². The summed E-state index contributed by atoms with van der Waals surface area (Å²) in [6.45, 7) is 0. The predicted octanol–water partition coefficient (Wildman–Crippen LogP) is 3.95. The SMILES string of the molecule is N#CN=S(=O)(CF)c1ccc(Oc2cc(F)cc(C#N)c2)c2c1[C@H](O)C(F)(F)C2. The first-order valence-corrected chi connectivity index (χ1v) is 9.62. The second kappa shape index (κ2) is 7.35. The monoisotopic (exact) mass is 425 g/mol. The molecule has 0 amide bonds. The first-order chi connectivity index (χ1) is 13.6. The number of hydrogen-bond donors (Lipinski definition) is 1. The highest BCUT2D eigenvalue weighted by Crippen LogP contribution is 2.50. The van der Waals surface area contributed by atoms with E-state index in [2.05, 4.69) is 4.36 Å². The van der Waals surface area contributed by atoms with Crippen molar-refractivity contribution >= 4 is 9.73 Å². The lowest BCUT2D eigenvalue weighted by Crippen LogP contribution is -2.22. The number of nitriles is 2. The fraction of sp³-hybridized carbons (Fsp3) is 0.222. The topological polar surface area (TPSA) is 106 Å². The second-order valence-corrected chi connectivity index (χ2v) is 8.25. The van der Waals surface area contributed by atoms with E-state index in [4.69, 9.17) is 15.3 Å². The highest BCUT2D eigenvalue weighted by Gasteiger charge is 2.50. The van der Waals surface area contributed by atoms with Gasteiger partial charge < -0.3 is 9.84 Å². The maximum absolute atomic E-state index is 14.2. The van der Waals surface area contributed by atoms with Crippen molar-refractivity contribution in [3.05, 3.63) is 52.8 Å². The van der Waals surface area contributed by atoms with Crippen LogP contribution in [0.3, 0.4) is 0 Å². The zero-order valence-electron chi connectivity index (χ0n) is 14.4. The van der Waals surface area contributed by atoms with Crippen molar-refractivity contribution in [2.24, 2.45) is 4.36 Å². The van der Waals surface area contributed by atoms with E-state index in [1.54, 1.807) is 6.07 Å². The normalized spacial score (nSPS) is 18.8. The first kappa shape index (κ1) is 20.6. The number of nitrogens with zero attached hydrogens (tertiary/aromatic N) is 3. The summed E-state index contributed by atoms with van der Waals surface area (Å²) in [7, 11) is -4.03. The summed E-state index contributed by atoms with van der Waals surface area (Å²) in [5.41, 5.74) is -0.907. The Morgan fingerprint density at radius 1 is 1.31 bits per heavy atom. The van der Waals surface area contributed by atoms with Crippen LogP contribution < -0.4 is 4.74 Å². The fourth-order valence-electron chi connectivity index (χ4n) is 3.03. The van der Waals surface area contributed by atoms with Crippen molar-refractivity contribution in [2.75, 3.05) is 6.01 Å². The van der Waals surface area contributed by atoms with Crippen LogP contribution in [0.15, 0.2) is 39.6 Å². The minimum Gasteiger partial charge on any atom is -0.457 e. The van der Waals surface area contributed by atoms with E-state index in [0.29, 0.717) is 0 Å². The number of aliphatic hydroxyl groups is 1. The molecule has 11 heteroatoms. The van der Waals surface area contributed by atoms with Gasteiger partial charge in [-0.15, -0.1) is 4.36 Å². The summed E-state index contributed by atoms with van der Waals surface area (Å²) in [6, 6.07) is 5.17. The van der Waals surface area contributed by atoms with Crippen LogP contribution in [-0.4, -0.2) is 21.2 Å². The van der Waals surface area contributed by atoms with Crippen molar-refractivity contribution in [3.8, 4) is 23.8 Å². The molecule has 2 aromatic rings. The Hall–Kier alpha value is -3.15. The van der Waals surface area contributed by atoms with E-state index in [-0.39, 0.29) is 22.6 Å². The van der Waals surface area contributed by atoms with Gasteiger partial charge in [0.05, 0.1) is 16.5 Å². The van der Waals surface area contributed by atoms with E-state index < -0.39 is 50.5 Å². The number of ether oxygens (including phenoxy) is 1. The Morgan fingerprint density at radius 3 is 2.66 bits per heavy atom. The summed E-state index contributed by atoms with van der Waals surface area (Å²) < 4.78 is 76.5. The zero-order chi connectivity index (χ0) is 21.4. The van der Waals surface area contributed by atoms with E-state index in [1.165, 1.54) is 12.3 Å². The van der Waals surface area contributed by atoms with Crippen LogP contribution in [0.4, 0.5) is 17.6 Å². The third-order valence-electron chi connectivity index (χ3n) is 4.27. The molecule has 1 aliphatic rings. The van der Waals surface area contributed by atoms with Crippen molar-refractivity contribution in [1.82, 2.24) is 0 Å². The molecule has 0 bridgehead atoms. The zero-order valence-corrected chi connectivity index (χ0v) is 15.2. The smallest absolute Gasteiger partial charge is 0.281 e. The number of rotatable bonds is 4. The Kier molecular flexibility index (Phi) is 5.22. The lowest BCUT2D eigenvalue weighted by molar-refractivity contribution is -0.0976. The molecule has 0 saturated heterocycles. The van der Waals surface area contributed by atoms with Gasteiger partial charge in [0.15, 0.2) is 6.01 Å². The standard InChI is InChI=1S/C18H11F4N3O3S/c19-8-29(27,25-9-24)15-2-1-14(13-6-18(21,22)17(26)16(13)15)28-12-4-10(7-23)3-11(20)5-12/h1-5,17,26H,6,8H2/t17-,29?/m0/s1. The van der Waals surface area contributed by atoms with Gasteiger partial charge in [0.1, 0.15) is 33.1 Å². The molecule has 6 nitrogen and oxygen atoms in total. The van der Waals surface area contributed by atoms with Crippen LogP contribution in [0.2, 0.25) is 0 Å². The number of hydrogen-bond acceptors (Lipinski definition) is 6. The van der Waals surface area contributed by atoms with E-state index in [1.807, 2.05) is 0 Å². The summed E-state index contributed by atoms with van der Waals surface area (Å²) in [5.74, 6) is -4.88. The van der Waals surface area contributed by atoms with E-state index in [0.717, 1.165) is 24.3 Å². The highest BCUT2D eigenvalue weighted by molar-refractivity contribution is 7.93. The van der Waals surface area contributed by atoms with Crippen LogP contribution >= 0.6 is 0 Å². The molecule has 0 spiro atoms. The van der Waals surface area contributed by atoms with Crippen molar-refractivity contribution in [3.63, 3.8) is 0 Å². The second-order valence-electron chi connectivity index (χ2n) is 6.12. The molecule has 1 aliphatic carbocycles. The molecule has 0 fully saturated rings. The molecule has 150 valence electrons. The molecule has 0 aromatic heterocycles. The summed E-state index contributed by atoms with van der Waals surface area (Å²) in [5, 5.41) is 27.6. The van der Waals surface area contributed by atoms with Gasteiger partial charge in [0.25, 0.3) is 5.92 Å². The molecule has 0 saturated carbocycles. The van der Waals surface area contributed by atoms with Gasteiger partial charge in [0, 0.05) is 23.6 Å². The van der Waals surface area contributed by atoms with Crippen LogP contribution in [-0.2, 0) is 16.1 Å². The molecule has 0 heterocycles. The fourth-order valence-corrected chi connectivity index (χ4v) is 4.29. The lowest BCUT2D eigenvalue weighted by atomic mass is 10.1.